The van der Waals surface area contributed by atoms with Crippen LogP contribution < -0.4 is 11.1 Å². The van der Waals surface area contributed by atoms with E-state index in [9.17, 15) is 9.90 Å². The van der Waals surface area contributed by atoms with Crippen molar-refractivity contribution < 1.29 is 9.90 Å². The molecular weight excluding hydrogens is 292 g/mol. The fourth-order valence-corrected chi connectivity index (χ4v) is 4.46. The molecule has 5 rings (SSSR count). The molecular formula is C17H24N4O2. The summed E-state index contributed by atoms with van der Waals surface area (Å²) in [5.74, 6) is 1.04. The zero-order valence-corrected chi connectivity index (χ0v) is 13.3. The number of carbonyl (C=O) groups is 1. The minimum absolute atomic E-state index is 0.175. The summed E-state index contributed by atoms with van der Waals surface area (Å²) in [4.78, 5) is 20.5. The average Bonchev–Trinajstić information content (AvgIpc) is 2.44. The van der Waals surface area contributed by atoms with Gasteiger partial charge in [0.05, 0.1) is 17.4 Å². The van der Waals surface area contributed by atoms with Gasteiger partial charge in [0.25, 0.3) is 5.91 Å². The van der Waals surface area contributed by atoms with Gasteiger partial charge in [-0.2, -0.15) is 0 Å². The van der Waals surface area contributed by atoms with Crippen LogP contribution in [0.15, 0.2) is 6.20 Å². The first-order valence-electron chi connectivity index (χ1n) is 8.63. The number of aromatic nitrogens is 2. The Morgan fingerprint density at radius 1 is 1.30 bits per heavy atom. The molecule has 4 fully saturated rings. The SMILES string of the molecule is NC(=O)c1cnc(NC2CCC(O)CC2)nc1CC12CC(C1)C2. The molecule has 1 heterocycles. The maximum atomic E-state index is 11.7. The Morgan fingerprint density at radius 2 is 2.00 bits per heavy atom. The second-order valence-corrected chi connectivity index (χ2v) is 7.72. The van der Waals surface area contributed by atoms with Crippen molar-refractivity contribution in [3.8, 4) is 0 Å². The summed E-state index contributed by atoms with van der Waals surface area (Å²) in [6.45, 7) is 0. The monoisotopic (exact) mass is 316 g/mol. The summed E-state index contributed by atoms with van der Waals surface area (Å²) in [6, 6.07) is 0.292. The quantitative estimate of drug-likeness (QED) is 0.766. The van der Waals surface area contributed by atoms with Gasteiger partial charge in [0.15, 0.2) is 0 Å². The number of nitrogens with one attached hydrogen (secondary N) is 1. The van der Waals surface area contributed by atoms with E-state index in [4.69, 9.17) is 5.73 Å². The van der Waals surface area contributed by atoms with Crippen molar-refractivity contribution in [1.29, 1.82) is 0 Å². The highest BCUT2D eigenvalue weighted by atomic mass is 16.3. The van der Waals surface area contributed by atoms with Gasteiger partial charge in [-0.15, -0.1) is 0 Å². The van der Waals surface area contributed by atoms with Crippen LogP contribution in [0.3, 0.4) is 0 Å². The lowest BCUT2D eigenvalue weighted by molar-refractivity contribution is -0.105. The maximum absolute atomic E-state index is 11.7. The molecule has 0 atom stereocenters. The fraction of sp³-hybridized carbons (Fsp3) is 0.706. The predicted molar refractivity (Wildman–Crippen MR) is 85.9 cm³/mol. The van der Waals surface area contributed by atoms with Crippen LogP contribution in [0.25, 0.3) is 0 Å². The first-order valence-corrected chi connectivity index (χ1v) is 8.63. The van der Waals surface area contributed by atoms with Crippen molar-refractivity contribution >= 4 is 11.9 Å². The minimum atomic E-state index is -0.445. The third-order valence-corrected chi connectivity index (χ3v) is 5.87. The number of aliphatic hydroxyl groups excluding tert-OH is 1. The highest BCUT2D eigenvalue weighted by Gasteiger charge is 2.56. The number of nitrogens with zero attached hydrogens (tertiary/aromatic N) is 2. The van der Waals surface area contributed by atoms with E-state index in [1.807, 2.05) is 0 Å². The van der Waals surface area contributed by atoms with Crippen LogP contribution in [0.5, 0.6) is 0 Å². The Morgan fingerprint density at radius 3 is 2.57 bits per heavy atom. The predicted octanol–water partition coefficient (Wildman–Crippen LogP) is 1.63. The number of amides is 1. The topological polar surface area (TPSA) is 101 Å². The summed E-state index contributed by atoms with van der Waals surface area (Å²) >= 11 is 0. The number of aliphatic hydroxyl groups is 1. The lowest BCUT2D eigenvalue weighted by Gasteiger charge is -2.62. The molecule has 0 aromatic carbocycles. The number of nitrogens with two attached hydrogens (primary N) is 1. The zero-order chi connectivity index (χ0) is 16.0. The number of rotatable bonds is 5. The van der Waals surface area contributed by atoms with Crippen LogP contribution in [-0.4, -0.2) is 33.1 Å². The first-order chi connectivity index (χ1) is 11.0. The summed E-state index contributed by atoms with van der Waals surface area (Å²) in [5, 5.41) is 12.9. The van der Waals surface area contributed by atoms with Gasteiger partial charge >= 0.3 is 0 Å². The molecule has 0 spiro atoms. The molecule has 6 heteroatoms. The second-order valence-electron chi connectivity index (χ2n) is 7.72. The molecule has 1 aromatic rings. The Kier molecular flexibility index (Phi) is 3.52. The Hall–Kier alpha value is -1.69. The number of carbonyl (C=O) groups excluding carboxylic acids is 1. The molecule has 124 valence electrons. The van der Waals surface area contributed by atoms with Crippen LogP contribution in [0.1, 0.15) is 61.0 Å². The molecule has 4 N–H and O–H groups in total. The van der Waals surface area contributed by atoms with E-state index < -0.39 is 5.91 Å². The van der Waals surface area contributed by atoms with Gasteiger partial charge in [0.1, 0.15) is 0 Å². The molecule has 0 unspecified atom stereocenters. The summed E-state index contributed by atoms with van der Waals surface area (Å²) in [6.07, 6.45) is 9.48. The number of primary amides is 1. The van der Waals surface area contributed by atoms with Crippen molar-refractivity contribution in [2.24, 2.45) is 17.1 Å². The molecule has 1 amide bonds. The Bertz CT molecular complexity index is 608. The number of anilines is 1. The Balaban J connectivity index is 1.50. The fourth-order valence-electron chi connectivity index (χ4n) is 4.46. The standard InChI is InChI=1S/C17H24N4O2/c18-15(23)13-9-19-16(20-11-1-3-12(22)4-2-11)21-14(13)8-17-5-10(6-17)7-17/h9-12,22H,1-8H2,(H2,18,23)(H,19,20,21). The van der Waals surface area contributed by atoms with Crippen molar-refractivity contribution in [3.05, 3.63) is 17.5 Å². The largest absolute Gasteiger partial charge is 0.393 e. The number of hydrogen-bond acceptors (Lipinski definition) is 5. The summed E-state index contributed by atoms with van der Waals surface area (Å²) < 4.78 is 0. The van der Waals surface area contributed by atoms with Crippen molar-refractivity contribution in [3.63, 3.8) is 0 Å². The lowest BCUT2D eigenvalue weighted by Crippen LogP contribution is -2.53. The first kappa shape index (κ1) is 14.9. The van der Waals surface area contributed by atoms with Crippen molar-refractivity contribution in [2.45, 2.75) is 63.5 Å². The lowest BCUT2D eigenvalue weighted by atomic mass is 9.43. The van der Waals surface area contributed by atoms with Crippen molar-refractivity contribution in [1.82, 2.24) is 9.97 Å². The third kappa shape index (κ3) is 2.80. The van der Waals surface area contributed by atoms with E-state index in [2.05, 4.69) is 15.3 Å². The molecule has 6 nitrogen and oxygen atoms in total. The van der Waals surface area contributed by atoms with Gasteiger partial charge in [-0.1, -0.05) is 0 Å². The van der Waals surface area contributed by atoms with Gasteiger partial charge in [-0.3, -0.25) is 4.79 Å². The summed E-state index contributed by atoms with van der Waals surface area (Å²) in [7, 11) is 0. The van der Waals surface area contributed by atoms with Gasteiger partial charge in [0, 0.05) is 12.2 Å². The summed E-state index contributed by atoms with van der Waals surface area (Å²) in [5.41, 5.74) is 7.11. The number of hydrogen-bond donors (Lipinski definition) is 3. The molecule has 4 aliphatic rings. The van der Waals surface area contributed by atoms with Gasteiger partial charge in [-0.05, 0) is 62.7 Å². The molecule has 23 heavy (non-hydrogen) atoms. The molecule has 4 saturated carbocycles. The highest BCUT2D eigenvalue weighted by molar-refractivity contribution is 5.93. The maximum Gasteiger partial charge on any atom is 0.252 e. The van der Waals surface area contributed by atoms with Crippen LogP contribution in [0.2, 0.25) is 0 Å². The average molecular weight is 316 g/mol. The van der Waals surface area contributed by atoms with Gasteiger partial charge in [-0.25, -0.2) is 9.97 Å². The minimum Gasteiger partial charge on any atom is -0.393 e. The smallest absolute Gasteiger partial charge is 0.252 e. The highest BCUT2D eigenvalue weighted by Crippen LogP contribution is 2.65. The molecule has 4 aliphatic carbocycles. The van der Waals surface area contributed by atoms with E-state index in [0.717, 1.165) is 43.7 Å². The van der Waals surface area contributed by atoms with Crippen LogP contribution >= 0.6 is 0 Å². The van der Waals surface area contributed by atoms with E-state index in [1.54, 1.807) is 6.20 Å². The third-order valence-electron chi connectivity index (χ3n) is 5.87. The molecule has 0 aliphatic heterocycles. The molecule has 1 aromatic heterocycles. The van der Waals surface area contributed by atoms with Crippen LogP contribution in [-0.2, 0) is 6.42 Å². The van der Waals surface area contributed by atoms with Crippen LogP contribution in [0.4, 0.5) is 5.95 Å². The van der Waals surface area contributed by atoms with Gasteiger partial charge in [0.2, 0.25) is 5.95 Å². The van der Waals surface area contributed by atoms with E-state index in [-0.39, 0.29) is 6.10 Å². The molecule has 0 radical (unpaired) electrons. The molecule has 0 saturated heterocycles. The normalized spacial score (nSPS) is 35.1. The Labute approximate surface area is 135 Å². The van der Waals surface area contributed by atoms with Gasteiger partial charge < -0.3 is 16.2 Å². The van der Waals surface area contributed by atoms with Crippen LogP contribution in [0, 0.1) is 11.3 Å². The van der Waals surface area contributed by atoms with E-state index >= 15 is 0 Å². The van der Waals surface area contributed by atoms with Crippen molar-refractivity contribution in [2.75, 3.05) is 5.32 Å². The van der Waals surface area contributed by atoms with E-state index in [0.29, 0.717) is 23.0 Å². The van der Waals surface area contributed by atoms with E-state index in [1.165, 1.54) is 19.3 Å². The zero-order valence-electron chi connectivity index (χ0n) is 13.3. The molecule has 2 bridgehead atoms. The second kappa shape index (κ2) is 5.44.